The van der Waals surface area contributed by atoms with Crippen molar-refractivity contribution in [3.8, 4) is 0 Å². The molecule has 3 N–H and O–H groups in total. The van der Waals surface area contributed by atoms with Gasteiger partial charge in [0.15, 0.2) is 0 Å². The van der Waals surface area contributed by atoms with Gasteiger partial charge in [-0.25, -0.2) is 0 Å². The van der Waals surface area contributed by atoms with Crippen LogP contribution in [0.5, 0.6) is 0 Å². The van der Waals surface area contributed by atoms with Gasteiger partial charge >= 0.3 is 18.0 Å². The maximum absolute atomic E-state index is 12.7. The number of hydrogen-bond donors (Lipinski definition) is 3. The molecule has 3 aromatic rings. The van der Waals surface area contributed by atoms with E-state index in [4.69, 9.17) is 0 Å². The SMILES string of the molecule is Cn1cc(C(O)CNC(=O)C(=O)Nc2cccc(C(F)(F)F)c2)c2ccccc21. The van der Waals surface area contributed by atoms with Crippen molar-refractivity contribution in [3.05, 3.63) is 65.9 Å². The zero-order chi connectivity index (χ0) is 21.2. The molecule has 0 saturated carbocycles. The lowest BCUT2D eigenvalue weighted by molar-refractivity contribution is -0.137. The van der Waals surface area contributed by atoms with Gasteiger partial charge in [-0.05, 0) is 24.3 Å². The highest BCUT2D eigenvalue weighted by Gasteiger charge is 2.30. The number of nitrogens with zero attached hydrogens (tertiary/aromatic N) is 1. The van der Waals surface area contributed by atoms with Crippen LogP contribution in [0, 0.1) is 0 Å². The number of carbonyl (C=O) groups is 2. The van der Waals surface area contributed by atoms with Gasteiger partial charge in [0, 0.05) is 41.9 Å². The molecule has 1 heterocycles. The third-order valence-corrected chi connectivity index (χ3v) is 4.40. The molecule has 0 aliphatic carbocycles. The van der Waals surface area contributed by atoms with Crippen LogP contribution in [0.25, 0.3) is 10.9 Å². The summed E-state index contributed by atoms with van der Waals surface area (Å²) < 4.78 is 40.0. The summed E-state index contributed by atoms with van der Waals surface area (Å²) in [6, 6.07) is 11.3. The summed E-state index contributed by atoms with van der Waals surface area (Å²) in [5.41, 5.74) is 0.383. The van der Waals surface area contributed by atoms with E-state index in [0.29, 0.717) is 5.56 Å². The first-order valence-corrected chi connectivity index (χ1v) is 8.65. The number of aliphatic hydroxyl groups is 1. The smallest absolute Gasteiger partial charge is 0.386 e. The van der Waals surface area contributed by atoms with E-state index in [9.17, 15) is 27.9 Å². The quantitative estimate of drug-likeness (QED) is 0.584. The largest absolute Gasteiger partial charge is 0.416 e. The lowest BCUT2D eigenvalue weighted by Gasteiger charge is -2.12. The molecule has 1 unspecified atom stereocenters. The Morgan fingerprint density at radius 2 is 1.83 bits per heavy atom. The number of carbonyl (C=O) groups excluding carboxylic acids is 2. The Hall–Kier alpha value is -3.33. The van der Waals surface area contributed by atoms with Crippen LogP contribution < -0.4 is 10.6 Å². The first-order valence-electron chi connectivity index (χ1n) is 8.65. The molecular weight excluding hydrogens is 387 g/mol. The number of hydrogen-bond acceptors (Lipinski definition) is 3. The minimum atomic E-state index is -4.56. The van der Waals surface area contributed by atoms with E-state index < -0.39 is 29.7 Å². The monoisotopic (exact) mass is 405 g/mol. The van der Waals surface area contributed by atoms with E-state index in [0.717, 1.165) is 29.1 Å². The van der Waals surface area contributed by atoms with Gasteiger partial charge in [0.25, 0.3) is 0 Å². The Labute approximate surface area is 163 Å². The second kappa shape index (κ2) is 7.96. The van der Waals surface area contributed by atoms with Crippen LogP contribution in [0.4, 0.5) is 18.9 Å². The second-order valence-electron chi connectivity index (χ2n) is 6.47. The van der Waals surface area contributed by atoms with Crippen molar-refractivity contribution < 1.29 is 27.9 Å². The van der Waals surface area contributed by atoms with E-state index >= 15 is 0 Å². The summed E-state index contributed by atoms with van der Waals surface area (Å²) in [6.45, 7) is -0.233. The van der Waals surface area contributed by atoms with Crippen molar-refractivity contribution in [2.24, 2.45) is 7.05 Å². The van der Waals surface area contributed by atoms with Crippen LogP contribution in [-0.2, 0) is 22.8 Å². The molecule has 0 aliphatic rings. The zero-order valence-electron chi connectivity index (χ0n) is 15.3. The summed E-state index contributed by atoms with van der Waals surface area (Å²) >= 11 is 0. The summed E-state index contributed by atoms with van der Waals surface area (Å²) in [6.07, 6.45) is -3.90. The highest BCUT2D eigenvalue weighted by Crippen LogP contribution is 2.30. The molecule has 2 aromatic carbocycles. The minimum absolute atomic E-state index is 0.158. The first kappa shape index (κ1) is 20.4. The molecule has 29 heavy (non-hydrogen) atoms. The number of aliphatic hydroxyl groups excluding tert-OH is 1. The standard InChI is InChI=1S/C20H18F3N3O3/c1-26-11-15(14-7-2-3-8-16(14)26)17(27)10-24-18(28)19(29)25-13-6-4-5-12(9-13)20(21,22)23/h2-9,11,17,27H,10H2,1H3,(H,24,28)(H,25,29). The molecule has 0 bridgehead atoms. The third-order valence-electron chi connectivity index (χ3n) is 4.40. The van der Waals surface area contributed by atoms with Crippen molar-refractivity contribution in [2.75, 3.05) is 11.9 Å². The molecule has 0 spiro atoms. The Kier molecular flexibility index (Phi) is 5.60. The molecule has 3 rings (SSSR count). The molecule has 0 radical (unpaired) electrons. The number of anilines is 1. The molecule has 0 saturated heterocycles. The molecule has 1 aromatic heterocycles. The number of aryl methyl sites for hydroxylation is 1. The highest BCUT2D eigenvalue weighted by molar-refractivity contribution is 6.39. The topological polar surface area (TPSA) is 83.4 Å². The van der Waals surface area contributed by atoms with Gasteiger partial charge in [-0.3, -0.25) is 9.59 Å². The molecular formula is C20H18F3N3O3. The second-order valence-corrected chi connectivity index (χ2v) is 6.47. The van der Waals surface area contributed by atoms with Gasteiger partial charge in [-0.2, -0.15) is 13.2 Å². The fourth-order valence-corrected chi connectivity index (χ4v) is 2.98. The predicted octanol–water partition coefficient (Wildman–Crippen LogP) is 2.99. The van der Waals surface area contributed by atoms with E-state index in [1.807, 2.05) is 35.9 Å². The number of halogens is 3. The number of aromatic nitrogens is 1. The highest BCUT2D eigenvalue weighted by atomic mass is 19.4. The van der Waals surface area contributed by atoms with Gasteiger partial charge in [-0.1, -0.05) is 24.3 Å². The number of para-hydroxylation sites is 1. The van der Waals surface area contributed by atoms with E-state index in [-0.39, 0.29) is 12.2 Å². The Morgan fingerprint density at radius 1 is 1.10 bits per heavy atom. The van der Waals surface area contributed by atoms with Crippen molar-refractivity contribution in [1.82, 2.24) is 9.88 Å². The van der Waals surface area contributed by atoms with Gasteiger partial charge < -0.3 is 20.3 Å². The lowest BCUT2D eigenvalue weighted by Crippen LogP contribution is -2.37. The maximum Gasteiger partial charge on any atom is 0.416 e. The molecule has 9 heteroatoms. The van der Waals surface area contributed by atoms with Gasteiger partial charge in [0.2, 0.25) is 0 Å². The summed E-state index contributed by atoms with van der Waals surface area (Å²) in [7, 11) is 1.82. The molecule has 152 valence electrons. The molecule has 2 amide bonds. The van der Waals surface area contributed by atoms with E-state index in [1.165, 1.54) is 6.07 Å². The van der Waals surface area contributed by atoms with E-state index in [2.05, 4.69) is 10.6 Å². The van der Waals surface area contributed by atoms with Gasteiger partial charge in [0.1, 0.15) is 0 Å². The molecule has 0 fully saturated rings. The first-order chi connectivity index (χ1) is 13.7. The van der Waals surface area contributed by atoms with Crippen LogP contribution in [0.3, 0.4) is 0 Å². The molecule has 0 aliphatic heterocycles. The lowest BCUT2D eigenvalue weighted by atomic mass is 10.1. The predicted molar refractivity (Wildman–Crippen MR) is 101 cm³/mol. The summed E-state index contributed by atoms with van der Waals surface area (Å²) in [5.74, 6) is -2.20. The number of fused-ring (bicyclic) bond motifs is 1. The number of alkyl halides is 3. The Bertz CT molecular complexity index is 1060. The number of nitrogens with one attached hydrogen (secondary N) is 2. The number of amides is 2. The van der Waals surface area contributed by atoms with Crippen LogP contribution in [-0.4, -0.2) is 28.0 Å². The van der Waals surface area contributed by atoms with Crippen molar-refractivity contribution >= 4 is 28.4 Å². The zero-order valence-corrected chi connectivity index (χ0v) is 15.3. The van der Waals surface area contributed by atoms with Gasteiger partial charge in [-0.15, -0.1) is 0 Å². The fraction of sp³-hybridized carbons (Fsp3) is 0.200. The average Bonchev–Trinajstić information content (AvgIpc) is 3.02. The Morgan fingerprint density at radius 3 is 2.55 bits per heavy atom. The van der Waals surface area contributed by atoms with E-state index in [1.54, 1.807) is 6.20 Å². The summed E-state index contributed by atoms with van der Waals surface area (Å²) in [4.78, 5) is 23.9. The number of rotatable bonds is 4. The van der Waals surface area contributed by atoms with Crippen molar-refractivity contribution in [1.29, 1.82) is 0 Å². The maximum atomic E-state index is 12.7. The normalized spacial score (nSPS) is 12.6. The van der Waals surface area contributed by atoms with Crippen LogP contribution in [0.2, 0.25) is 0 Å². The van der Waals surface area contributed by atoms with Crippen LogP contribution in [0.1, 0.15) is 17.2 Å². The third kappa shape index (κ3) is 4.57. The number of benzene rings is 2. The Balaban J connectivity index is 1.62. The van der Waals surface area contributed by atoms with Crippen molar-refractivity contribution in [3.63, 3.8) is 0 Å². The molecule has 1 atom stereocenters. The van der Waals surface area contributed by atoms with Gasteiger partial charge in [0.05, 0.1) is 11.7 Å². The van der Waals surface area contributed by atoms with Crippen LogP contribution in [0.15, 0.2) is 54.7 Å². The fourth-order valence-electron chi connectivity index (χ4n) is 2.98. The molecule has 6 nitrogen and oxygen atoms in total. The average molecular weight is 405 g/mol. The minimum Gasteiger partial charge on any atom is -0.386 e. The van der Waals surface area contributed by atoms with Crippen molar-refractivity contribution in [2.45, 2.75) is 12.3 Å². The van der Waals surface area contributed by atoms with Crippen LogP contribution >= 0.6 is 0 Å². The summed E-state index contributed by atoms with van der Waals surface area (Å²) in [5, 5.41) is 15.6.